The Morgan fingerprint density at radius 2 is 2.36 bits per heavy atom. The van der Waals surface area contributed by atoms with Crippen molar-refractivity contribution in [1.29, 1.82) is 0 Å². The predicted molar refractivity (Wildman–Crippen MR) is 54.3 cm³/mol. The molecule has 0 radical (unpaired) electrons. The van der Waals surface area contributed by atoms with E-state index in [0.717, 1.165) is 11.5 Å². The zero-order chi connectivity index (χ0) is 10.1. The van der Waals surface area contributed by atoms with Crippen LogP contribution in [0, 0.1) is 5.92 Å². The first-order valence-electron chi connectivity index (χ1n) is 4.86. The third kappa shape index (κ3) is 1.64. The van der Waals surface area contributed by atoms with Crippen LogP contribution in [-0.2, 0) is 11.8 Å². The molecule has 4 heteroatoms. The van der Waals surface area contributed by atoms with E-state index in [1.165, 1.54) is 0 Å². The average molecular weight is 193 g/mol. The fourth-order valence-corrected chi connectivity index (χ4v) is 1.42. The third-order valence-corrected chi connectivity index (χ3v) is 2.40. The lowest BCUT2D eigenvalue weighted by atomic mass is 10.1. The van der Waals surface area contributed by atoms with E-state index < -0.39 is 0 Å². The standard InChI is InChI=1S/C10H15N3O/c1-7(2)9-6-14-10(12-9)8-4-11-13(3)5-8/h4-5,7,9H,6H2,1-3H3. The minimum Gasteiger partial charge on any atom is -0.475 e. The normalized spacial score (nSPS) is 21.1. The molecule has 2 heterocycles. The summed E-state index contributed by atoms with van der Waals surface area (Å²) in [5.74, 6) is 1.26. The van der Waals surface area contributed by atoms with Gasteiger partial charge in [-0.2, -0.15) is 5.10 Å². The fourth-order valence-electron chi connectivity index (χ4n) is 1.42. The molecule has 0 saturated heterocycles. The molecule has 0 amide bonds. The monoisotopic (exact) mass is 193 g/mol. The maximum atomic E-state index is 5.52. The zero-order valence-electron chi connectivity index (χ0n) is 8.77. The van der Waals surface area contributed by atoms with Crippen LogP contribution in [0.4, 0.5) is 0 Å². The van der Waals surface area contributed by atoms with Crippen LogP contribution >= 0.6 is 0 Å². The van der Waals surface area contributed by atoms with Crippen LogP contribution in [0.5, 0.6) is 0 Å². The van der Waals surface area contributed by atoms with Gasteiger partial charge in [0.2, 0.25) is 5.90 Å². The summed E-state index contributed by atoms with van der Waals surface area (Å²) in [7, 11) is 1.89. The highest BCUT2D eigenvalue weighted by Gasteiger charge is 2.23. The van der Waals surface area contributed by atoms with E-state index >= 15 is 0 Å². The lowest BCUT2D eigenvalue weighted by Gasteiger charge is -2.06. The molecule has 0 spiro atoms. The highest BCUT2D eigenvalue weighted by atomic mass is 16.5. The van der Waals surface area contributed by atoms with E-state index in [1.807, 2.05) is 13.2 Å². The summed E-state index contributed by atoms with van der Waals surface area (Å²) in [6, 6.07) is 0.296. The van der Waals surface area contributed by atoms with Gasteiger partial charge in [0.05, 0.1) is 17.8 Å². The lowest BCUT2D eigenvalue weighted by molar-refractivity contribution is 0.292. The van der Waals surface area contributed by atoms with Crippen LogP contribution in [0.2, 0.25) is 0 Å². The van der Waals surface area contributed by atoms with E-state index in [-0.39, 0.29) is 0 Å². The number of hydrogen-bond acceptors (Lipinski definition) is 3. The van der Waals surface area contributed by atoms with Crippen LogP contribution in [0.3, 0.4) is 0 Å². The summed E-state index contributed by atoms with van der Waals surface area (Å²) in [5.41, 5.74) is 0.968. The number of aryl methyl sites for hydroxylation is 1. The molecule has 0 aromatic carbocycles. The maximum Gasteiger partial charge on any atom is 0.219 e. The van der Waals surface area contributed by atoms with E-state index in [1.54, 1.807) is 10.9 Å². The van der Waals surface area contributed by atoms with Gasteiger partial charge in [-0.1, -0.05) is 13.8 Å². The first-order valence-corrected chi connectivity index (χ1v) is 4.86. The van der Waals surface area contributed by atoms with Gasteiger partial charge in [0, 0.05) is 13.2 Å². The van der Waals surface area contributed by atoms with Crippen LogP contribution < -0.4 is 0 Å². The molecule has 0 bridgehead atoms. The van der Waals surface area contributed by atoms with E-state index in [0.29, 0.717) is 18.6 Å². The average Bonchev–Trinajstić information content (AvgIpc) is 2.70. The molecule has 1 aliphatic heterocycles. The number of aliphatic imine (C=N–C) groups is 1. The number of hydrogen-bond donors (Lipinski definition) is 0. The van der Waals surface area contributed by atoms with Crippen LogP contribution in [0.25, 0.3) is 0 Å². The van der Waals surface area contributed by atoms with Gasteiger partial charge < -0.3 is 4.74 Å². The van der Waals surface area contributed by atoms with Crippen molar-refractivity contribution in [1.82, 2.24) is 9.78 Å². The summed E-state index contributed by atoms with van der Waals surface area (Å²) in [4.78, 5) is 4.51. The fraction of sp³-hybridized carbons (Fsp3) is 0.600. The minimum atomic E-state index is 0.296. The first kappa shape index (κ1) is 9.24. The van der Waals surface area contributed by atoms with Gasteiger partial charge >= 0.3 is 0 Å². The summed E-state index contributed by atoms with van der Waals surface area (Å²) in [6.45, 7) is 5.01. The largest absolute Gasteiger partial charge is 0.475 e. The molecular formula is C10H15N3O. The van der Waals surface area contributed by atoms with Crippen LogP contribution in [0.15, 0.2) is 17.4 Å². The Morgan fingerprint density at radius 1 is 1.57 bits per heavy atom. The van der Waals surface area contributed by atoms with Crippen molar-refractivity contribution in [2.75, 3.05) is 6.61 Å². The zero-order valence-corrected chi connectivity index (χ0v) is 8.77. The minimum absolute atomic E-state index is 0.296. The van der Waals surface area contributed by atoms with Crippen molar-refractivity contribution in [3.05, 3.63) is 18.0 Å². The first-order chi connectivity index (χ1) is 6.66. The second-order valence-corrected chi connectivity index (χ2v) is 3.96. The lowest BCUT2D eigenvalue weighted by Crippen LogP contribution is -2.13. The molecule has 0 N–H and O–H groups in total. The topological polar surface area (TPSA) is 39.4 Å². The van der Waals surface area contributed by atoms with E-state index in [9.17, 15) is 0 Å². The quantitative estimate of drug-likeness (QED) is 0.708. The summed E-state index contributed by atoms with van der Waals surface area (Å²) >= 11 is 0. The number of nitrogens with zero attached hydrogens (tertiary/aromatic N) is 3. The molecule has 1 aromatic rings. The number of ether oxygens (including phenoxy) is 1. The molecule has 4 nitrogen and oxygen atoms in total. The third-order valence-electron chi connectivity index (χ3n) is 2.40. The van der Waals surface area contributed by atoms with Crippen molar-refractivity contribution in [2.45, 2.75) is 19.9 Å². The Balaban J connectivity index is 2.17. The molecule has 0 saturated carbocycles. The maximum absolute atomic E-state index is 5.52. The molecule has 2 rings (SSSR count). The van der Waals surface area contributed by atoms with Crippen LogP contribution in [-0.4, -0.2) is 28.3 Å². The van der Waals surface area contributed by atoms with Crippen molar-refractivity contribution in [2.24, 2.45) is 18.0 Å². The molecule has 1 atom stereocenters. The molecule has 14 heavy (non-hydrogen) atoms. The Kier molecular flexibility index (Phi) is 2.27. The van der Waals surface area contributed by atoms with Crippen molar-refractivity contribution >= 4 is 5.90 Å². The molecule has 1 unspecified atom stereocenters. The molecule has 76 valence electrons. The van der Waals surface area contributed by atoms with Gasteiger partial charge in [-0.25, -0.2) is 4.99 Å². The number of aromatic nitrogens is 2. The van der Waals surface area contributed by atoms with Gasteiger partial charge in [0.1, 0.15) is 6.61 Å². The Labute approximate surface area is 83.6 Å². The van der Waals surface area contributed by atoms with Gasteiger partial charge in [-0.05, 0) is 5.92 Å². The number of rotatable bonds is 2. The highest BCUT2D eigenvalue weighted by molar-refractivity contribution is 5.94. The van der Waals surface area contributed by atoms with E-state index in [4.69, 9.17) is 4.74 Å². The van der Waals surface area contributed by atoms with Gasteiger partial charge in [-0.3, -0.25) is 4.68 Å². The smallest absolute Gasteiger partial charge is 0.219 e. The summed E-state index contributed by atoms with van der Waals surface area (Å²) < 4.78 is 7.28. The van der Waals surface area contributed by atoms with Crippen molar-refractivity contribution in [3.8, 4) is 0 Å². The highest BCUT2D eigenvalue weighted by Crippen LogP contribution is 2.16. The second kappa shape index (κ2) is 3.44. The van der Waals surface area contributed by atoms with Gasteiger partial charge in [0.15, 0.2) is 0 Å². The Hall–Kier alpha value is -1.32. The molecule has 0 aliphatic carbocycles. The van der Waals surface area contributed by atoms with Crippen molar-refractivity contribution in [3.63, 3.8) is 0 Å². The van der Waals surface area contributed by atoms with Crippen molar-refractivity contribution < 1.29 is 4.74 Å². The second-order valence-electron chi connectivity index (χ2n) is 3.96. The molecular weight excluding hydrogens is 178 g/mol. The van der Waals surface area contributed by atoms with Gasteiger partial charge in [0.25, 0.3) is 0 Å². The van der Waals surface area contributed by atoms with Crippen LogP contribution in [0.1, 0.15) is 19.4 Å². The molecule has 0 fully saturated rings. The summed E-state index contributed by atoms with van der Waals surface area (Å²) in [5, 5.41) is 4.09. The predicted octanol–water partition coefficient (Wildman–Crippen LogP) is 1.22. The van der Waals surface area contributed by atoms with E-state index in [2.05, 4.69) is 23.9 Å². The summed E-state index contributed by atoms with van der Waals surface area (Å²) in [6.07, 6.45) is 3.70. The SMILES string of the molecule is CC(C)C1COC(c2cnn(C)c2)=N1. The molecule has 1 aromatic heterocycles. The Bertz CT molecular complexity index is 354. The Morgan fingerprint density at radius 3 is 2.86 bits per heavy atom. The van der Waals surface area contributed by atoms with Gasteiger partial charge in [-0.15, -0.1) is 0 Å². The molecule has 1 aliphatic rings.